The Kier molecular flexibility index (Phi) is 10.2. The average molecular weight is 577 g/mol. The molecule has 0 bridgehead atoms. The smallest absolute Gasteiger partial charge is 0.264 e. The first-order chi connectivity index (χ1) is 18.1. The number of carbonyl (C=O) groups is 2. The van der Waals surface area contributed by atoms with Crippen LogP contribution in [0.2, 0.25) is 10.0 Å². The first-order valence-electron chi connectivity index (χ1n) is 12.2. The van der Waals surface area contributed by atoms with E-state index < -0.39 is 28.5 Å². The average Bonchev–Trinajstić information content (AvgIpc) is 2.91. The quantitative estimate of drug-likeness (QED) is 0.326. The van der Waals surface area contributed by atoms with Crippen LogP contribution >= 0.6 is 23.2 Å². The molecule has 0 aliphatic carbocycles. The number of benzene rings is 3. The van der Waals surface area contributed by atoms with Gasteiger partial charge in [0.15, 0.2) is 0 Å². The van der Waals surface area contributed by atoms with Crippen LogP contribution in [0.5, 0.6) is 0 Å². The van der Waals surface area contributed by atoms with Gasteiger partial charge < -0.3 is 10.2 Å². The van der Waals surface area contributed by atoms with E-state index in [-0.39, 0.29) is 34.1 Å². The van der Waals surface area contributed by atoms with Crippen LogP contribution in [0.25, 0.3) is 0 Å². The zero-order valence-electron chi connectivity index (χ0n) is 21.5. The summed E-state index contributed by atoms with van der Waals surface area (Å²) in [5, 5.41) is 3.49. The van der Waals surface area contributed by atoms with Crippen molar-refractivity contribution in [3.63, 3.8) is 0 Å². The number of hydrogen-bond acceptors (Lipinski definition) is 4. The van der Waals surface area contributed by atoms with E-state index in [1.54, 1.807) is 67.6 Å². The van der Waals surface area contributed by atoms with Crippen molar-refractivity contribution >= 4 is 50.7 Å². The summed E-state index contributed by atoms with van der Waals surface area (Å²) >= 11 is 12.8. The summed E-state index contributed by atoms with van der Waals surface area (Å²) in [5.41, 5.74) is 0.779. The highest BCUT2D eigenvalue weighted by Crippen LogP contribution is 2.31. The maximum Gasteiger partial charge on any atom is 0.264 e. The molecule has 10 heteroatoms. The zero-order valence-corrected chi connectivity index (χ0v) is 23.8. The molecule has 0 fully saturated rings. The Hall–Kier alpha value is -3.07. The topological polar surface area (TPSA) is 86.8 Å². The van der Waals surface area contributed by atoms with E-state index in [1.807, 2.05) is 13.8 Å². The van der Waals surface area contributed by atoms with Crippen LogP contribution in [0, 0.1) is 0 Å². The molecule has 0 saturated carbocycles. The zero-order chi connectivity index (χ0) is 27.9. The van der Waals surface area contributed by atoms with Crippen molar-refractivity contribution in [2.45, 2.75) is 50.7 Å². The minimum atomic E-state index is -4.18. The number of halogens is 2. The van der Waals surface area contributed by atoms with Crippen LogP contribution in [0.15, 0.2) is 83.8 Å². The number of nitrogens with one attached hydrogen (secondary N) is 1. The van der Waals surface area contributed by atoms with Crippen molar-refractivity contribution in [3.05, 3.63) is 94.5 Å². The minimum absolute atomic E-state index is 0.00735. The summed E-state index contributed by atoms with van der Waals surface area (Å²) in [5.74, 6) is -0.939. The van der Waals surface area contributed by atoms with Crippen molar-refractivity contribution in [1.29, 1.82) is 0 Å². The summed E-state index contributed by atoms with van der Waals surface area (Å²) in [6.45, 7) is 4.86. The highest BCUT2D eigenvalue weighted by atomic mass is 35.5. The predicted molar refractivity (Wildman–Crippen MR) is 152 cm³/mol. The molecule has 0 spiro atoms. The lowest BCUT2D eigenvalue weighted by atomic mass is 10.1. The normalized spacial score (nSPS) is 12.9. The largest absolute Gasteiger partial charge is 0.352 e. The summed E-state index contributed by atoms with van der Waals surface area (Å²) in [6, 6.07) is 20.2. The van der Waals surface area contributed by atoms with Gasteiger partial charge in [-0.2, -0.15) is 0 Å². The van der Waals surface area contributed by atoms with Crippen molar-refractivity contribution < 1.29 is 18.0 Å². The number of sulfonamides is 1. The Labute approximate surface area is 234 Å². The maximum absolute atomic E-state index is 13.9. The Morgan fingerprint density at radius 3 is 2.05 bits per heavy atom. The van der Waals surface area contributed by atoms with E-state index >= 15 is 0 Å². The van der Waals surface area contributed by atoms with E-state index in [0.717, 1.165) is 4.31 Å². The van der Waals surface area contributed by atoms with Crippen LogP contribution in [-0.2, 0) is 26.2 Å². The molecule has 2 amide bonds. The second-order valence-electron chi connectivity index (χ2n) is 8.88. The molecule has 2 atom stereocenters. The molecule has 0 aliphatic heterocycles. The van der Waals surface area contributed by atoms with Gasteiger partial charge in [-0.05, 0) is 56.2 Å². The van der Waals surface area contributed by atoms with Gasteiger partial charge in [0.1, 0.15) is 12.6 Å². The molecular formula is C28H31Cl2N3O4S. The lowest BCUT2D eigenvalue weighted by molar-refractivity contribution is -0.139. The van der Waals surface area contributed by atoms with Crippen molar-refractivity contribution in [2.24, 2.45) is 0 Å². The number of para-hydroxylation sites is 1. The van der Waals surface area contributed by atoms with Gasteiger partial charge in [0.2, 0.25) is 11.8 Å². The fourth-order valence-corrected chi connectivity index (χ4v) is 5.68. The first kappa shape index (κ1) is 29.5. The molecule has 3 rings (SSSR count). The van der Waals surface area contributed by atoms with Gasteiger partial charge in [0, 0.05) is 17.6 Å². The third-order valence-electron chi connectivity index (χ3n) is 6.20. The molecule has 0 unspecified atom stereocenters. The summed E-state index contributed by atoms with van der Waals surface area (Å²) < 4.78 is 28.5. The number of rotatable bonds is 11. The predicted octanol–water partition coefficient (Wildman–Crippen LogP) is 5.52. The third-order valence-corrected chi connectivity index (χ3v) is 8.66. The van der Waals surface area contributed by atoms with Gasteiger partial charge in [-0.15, -0.1) is 0 Å². The highest BCUT2D eigenvalue weighted by molar-refractivity contribution is 7.92. The van der Waals surface area contributed by atoms with E-state index in [1.165, 1.54) is 23.1 Å². The molecule has 3 aromatic carbocycles. The Balaban J connectivity index is 2.04. The molecule has 0 aliphatic rings. The van der Waals surface area contributed by atoms with Crippen LogP contribution in [-0.4, -0.2) is 43.8 Å². The molecule has 0 radical (unpaired) electrons. The Morgan fingerprint density at radius 2 is 1.45 bits per heavy atom. The van der Waals surface area contributed by atoms with E-state index in [0.29, 0.717) is 17.0 Å². The molecular weight excluding hydrogens is 545 g/mol. The standard InChI is InChI=1S/C28H31Cl2N3O4S/c1-4-20(2)31-28(35)21(3)32(18-22-12-8-9-15-24(22)29)27(34)19-33(26-17-11-10-16-25(26)30)38(36,37)23-13-6-5-7-14-23/h5-17,20-21H,4,18-19H2,1-3H3,(H,31,35)/t20-,21+/m0/s1. The van der Waals surface area contributed by atoms with Gasteiger partial charge in [-0.3, -0.25) is 13.9 Å². The van der Waals surface area contributed by atoms with Crippen molar-refractivity contribution in [3.8, 4) is 0 Å². The summed E-state index contributed by atoms with van der Waals surface area (Å²) in [7, 11) is -4.18. The Bertz CT molecular complexity index is 1370. The highest BCUT2D eigenvalue weighted by Gasteiger charge is 2.33. The van der Waals surface area contributed by atoms with E-state index in [2.05, 4.69) is 5.32 Å². The van der Waals surface area contributed by atoms with Crippen LogP contribution in [0.3, 0.4) is 0 Å². The summed E-state index contributed by atoms with van der Waals surface area (Å²) in [6.07, 6.45) is 0.715. The van der Waals surface area contributed by atoms with Crippen molar-refractivity contribution in [1.82, 2.24) is 10.2 Å². The Morgan fingerprint density at radius 1 is 0.868 bits per heavy atom. The number of hydrogen-bond donors (Lipinski definition) is 1. The van der Waals surface area contributed by atoms with E-state index in [9.17, 15) is 18.0 Å². The maximum atomic E-state index is 13.9. The fraction of sp³-hybridized carbons (Fsp3) is 0.286. The molecule has 0 heterocycles. The van der Waals surface area contributed by atoms with Crippen LogP contribution in [0.4, 0.5) is 5.69 Å². The van der Waals surface area contributed by atoms with Crippen molar-refractivity contribution in [2.75, 3.05) is 10.8 Å². The number of nitrogens with zero attached hydrogens (tertiary/aromatic N) is 2. The number of carbonyl (C=O) groups excluding carboxylic acids is 2. The second kappa shape index (κ2) is 13.1. The second-order valence-corrected chi connectivity index (χ2v) is 11.6. The molecule has 38 heavy (non-hydrogen) atoms. The molecule has 0 aromatic heterocycles. The van der Waals surface area contributed by atoms with Crippen LogP contribution in [0.1, 0.15) is 32.8 Å². The third kappa shape index (κ3) is 7.07. The molecule has 202 valence electrons. The SMILES string of the molecule is CC[C@H](C)NC(=O)[C@@H](C)N(Cc1ccccc1Cl)C(=O)CN(c1ccccc1Cl)S(=O)(=O)c1ccccc1. The molecule has 7 nitrogen and oxygen atoms in total. The van der Waals surface area contributed by atoms with Crippen LogP contribution < -0.4 is 9.62 Å². The van der Waals surface area contributed by atoms with Gasteiger partial charge in [0.25, 0.3) is 10.0 Å². The van der Waals surface area contributed by atoms with Gasteiger partial charge in [-0.25, -0.2) is 8.42 Å². The first-order valence-corrected chi connectivity index (χ1v) is 14.4. The molecule has 1 N–H and O–H groups in total. The number of amides is 2. The number of anilines is 1. The lowest BCUT2D eigenvalue weighted by Gasteiger charge is -2.32. The van der Waals surface area contributed by atoms with E-state index in [4.69, 9.17) is 23.2 Å². The monoisotopic (exact) mass is 575 g/mol. The van der Waals surface area contributed by atoms with Gasteiger partial charge in [0.05, 0.1) is 15.6 Å². The fourth-order valence-electron chi connectivity index (χ4n) is 3.75. The lowest BCUT2D eigenvalue weighted by Crippen LogP contribution is -2.52. The molecule has 3 aromatic rings. The minimum Gasteiger partial charge on any atom is -0.352 e. The van der Waals surface area contributed by atoms with Gasteiger partial charge >= 0.3 is 0 Å². The molecule has 0 saturated heterocycles. The van der Waals surface area contributed by atoms with Gasteiger partial charge in [-0.1, -0.05) is 78.7 Å². The summed E-state index contributed by atoms with van der Waals surface area (Å²) in [4.78, 5) is 28.3.